The van der Waals surface area contributed by atoms with Crippen molar-refractivity contribution in [1.82, 2.24) is 4.98 Å². The number of para-hydroxylation sites is 1. The largest absolute Gasteiger partial charge is 0.490 e. The lowest BCUT2D eigenvalue weighted by atomic mass is 10.0. The number of aromatic nitrogens is 1. The Hall–Kier alpha value is -3.05. The number of ether oxygens (including phenoxy) is 2. The van der Waals surface area contributed by atoms with E-state index in [1.807, 2.05) is 54.6 Å². The van der Waals surface area contributed by atoms with Crippen LogP contribution in [0.2, 0.25) is 5.02 Å². The average Bonchev–Trinajstić information content (AvgIpc) is 2.76. The topological polar surface area (TPSA) is 51.7 Å². The molecule has 1 saturated heterocycles. The van der Waals surface area contributed by atoms with Crippen LogP contribution in [-0.4, -0.2) is 30.5 Å². The second kappa shape index (κ2) is 8.97. The monoisotopic (exact) mass is 408 g/mol. The molecule has 0 aliphatic carbocycles. The molecule has 3 aromatic rings. The van der Waals surface area contributed by atoms with Crippen LogP contribution in [-0.2, 0) is 0 Å². The van der Waals surface area contributed by atoms with Crippen molar-refractivity contribution in [3.8, 4) is 17.4 Å². The third-order valence-electron chi connectivity index (χ3n) is 4.88. The first-order valence-corrected chi connectivity index (χ1v) is 9.95. The van der Waals surface area contributed by atoms with Crippen molar-refractivity contribution in [3.63, 3.8) is 0 Å². The standard InChI is InChI=1S/C23H21ClN2O3/c24-18-7-9-19(10-8-18)28-20-11-14-26(15-12-20)23-17(16-27)4-3-5-21(23)29-22-6-1-2-13-25-22/h1-10,13,16,20H,11-12,14-15H2. The van der Waals surface area contributed by atoms with Crippen molar-refractivity contribution in [2.45, 2.75) is 18.9 Å². The summed E-state index contributed by atoms with van der Waals surface area (Å²) in [4.78, 5) is 18.1. The van der Waals surface area contributed by atoms with E-state index in [0.29, 0.717) is 22.2 Å². The number of hydrogen-bond donors (Lipinski definition) is 0. The van der Waals surface area contributed by atoms with E-state index >= 15 is 0 Å². The molecule has 2 aromatic carbocycles. The van der Waals surface area contributed by atoms with Crippen LogP contribution in [0.15, 0.2) is 66.9 Å². The highest BCUT2D eigenvalue weighted by atomic mass is 35.5. The van der Waals surface area contributed by atoms with Gasteiger partial charge in [-0.25, -0.2) is 4.98 Å². The highest BCUT2D eigenvalue weighted by Crippen LogP contribution is 2.36. The number of carbonyl (C=O) groups is 1. The lowest BCUT2D eigenvalue weighted by molar-refractivity contribution is 0.112. The maximum atomic E-state index is 11.7. The van der Waals surface area contributed by atoms with E-state index in [2.05, 4.69) is 9.88 Å². The first-order chi connectivity index (χ1) is 14.2. The van der Waals surface area contributed by atoms with E-state index in [1.54, 1.807) is 12.3 Å². The molecule has 5 nitrogen and oxygen atoms in total. The Morgan fingerprint density at radius 2 is 1.79 bits per heavy atom. The first-order valence-electron chi connectivity index (χ1n) is 9.57. The zero-order valence-corrected chi connectivity index (χ0v) is 16.6. The molecular weight excluding hydrogens is 388 g/mol. The summed E-state index contributed by atoms with van der Waals surface area (Å²) in [7, 11) is 0. The minimum absolute atomic E-state index is 0.121. The lowest BCUT2D eigenvalue weighted by Gasteiger charge is -2.35. The average molecular weight is 409 g/mol. The predicted octanol–water partition coefficient (Wildman–Crippen LogP) is 5.39. The van der Waals surface area contributed by atoms with E-state index in [4.69, 9.17) is 21.1 Å². The summed E-state index contributed by atoms with van der Waals surface area (Å²) in [5.41, 5.74) is 1.41. The fourth-order valence-corrected chi connectivity index (χ4v) is 3.60. The Labute approximate surface area is 174 Å². The van der Waals surface area contributed by atoms with Gasteiger partial charge in [-0.1, -0.05) is 23.7 Å². The zero-order valence-electron chi connectivity index (χ0n) is 15.8. The van der Waals surface area contributed by atoms with Gasteiger partial charge in [0.2, 0.25) is 5.88 Å². The molecule has 0 atom stereocenters. The van der Waals surface area contributed by atoms with E-state index in [9.17, 15) is 4.79 Å². The molecule has 1 aliphatic heterocycles. The Morgan fingerprint density at radius 3 is 2.48 bits per heavy atom. The molecule has 0 unspecified atom stereocenters. The van der Waals surface area contributed by atoms with Gasteiger partial charge in [0.25, 0.3) is 0 Å². The number of rotatable bonds is 6. The molecule has 0 spiro atoms. The number of nitrogens with zero attached hydrogens (tertiary/aromatic N) is 2. The second-order valence-corrected chi connectivity index (χ2v) is 7.28. The third kappa shape index (κ3) is 4.69. The van der Waals surface area contributed by atoms with Gasteiger partial charge in [-0.2, -0.15) is 0 Å². The Kier molecular flexibility index (Phi) is 5.96. The van der Waals surface area contributed by atoms with Crippen LogP contribution in [0.3, 0.4) is 0 Å². The van der Waals surface area contributed by atoms with Crippen LogP contribution in [0.25, 0.3) is 0 Å². The number of anilines is 1. The van der Waals surface area contributed by atoms with Crippen LogP contribution in [0.5, 0.6) is 17.4 Å². The molecule has 0 radical (unpaired) electrons. The molecule has 6 heteroatoms. The van der Waals surface area contributed by atoms with E-state index < -0.39 is 0 Å². The molecule has 29 heavy (non-hydrogen) atoms. The summed E-state index contributed by atoms with van der Waals surface area (Å²) < 4.78 is 12.1. The number of hydrogen-bond acceptors (Lipinski definition) is 5. The second-order valence-electron chi connectivity index (χ2n) is 6.84. The Morgan fingerprint density at radius 1 is 1.00 bits per heavy atom. The molecule has 0 N–H and O–H groups in total. The first kappa shape index (κ1) is 19.3. The molecule has 1 aromatic heterocycles. The molecule has 1 fully saturated rings. The van der Waals surface area contributed by atoms with Crippen LogP contribution >= 0.6 is 11.6 Å². The van der Waals surface area contributed by atoms with Crippen LogP contribution in [0.4, 0.5) is 5.69 Å². The fraction of sp³-hybridized carbons (Fsp3) is 0.217. The SMILES string of the molecule is O=Cc1cccc(Oc2ccccn2)c1N1CCC(Oc2ccc(Cl)cc2)CC1. The molecule has 4 rings (SSSR count). The molecule has 1 aliphatic rings. The fourth-order valence-electron chi connectivity index (χ4n) is 3.48. The molecule has 0 saturated carbocycles. The zero-order chi connectivity index (χ0) is 20.1. The normalized spacial score (nSPS) is 14.4. The quantitative estimate of drug-likeness (QED) is 0.512. The highest BCUT2D eigenvalue weighted by molar-refractivity contribution is 6.30. The summed E-state index contributed by atoms with van der Waals surface area (Å²) in [5, 5.41) is 0.693. The predicted molar refractivity (Wildman–Crippen MR) is 113 cm³/mol. The van der Waals surface area contributed by atoms with Gasteiger partial charge in [0.1, 0.15) is 11.9 Å². The van der Waals surface area contributed by atoms with Crippen LogP contribution in [0, 0.1) is 0 Å². The van der Waals surface area contributed by atoms with E-state index in [1.165, 1.54) is 0 Å². The van der Waals surface area contributed by atoms with Crippen molar-refractivity contribution in [3.05, 3.63) is 77.4 Å². The van der Waals surface area contributed by atoms with E-state index in [0.717, 1.165) is 43.7 Å². The minimum Gasteiger partial charge on any atom is -0.490 e. The highest BCUT2D eigenvalue weighted by Gasteiger charge is 2.25. The Balaban J connectivity index is 1.48. The summed E-state index contributed by atoms with van der Waals surface area (Å²) in [5.74, 6) is 1.95. The maximum Gasteiger partial charge on any atom is 0.219 e. The van der Waals surface area contributed by atoms with Crippen molar-refractivity contribution in [2.24, 2.45) is 0 Å². The van der Waals surface area contributed by atoms with Crippen molar-refractivity contribution in [1.29, 1.82) is 0 Å². The molecule has 0 bridgehead atoms. The van der Waals surface area contributed by atoms with Gasteiger partial charge in [-0.15, -0.1) is 0 Å². The number of aldehydes is 1. The lowest BCUT2D eigenvalue weighted by Crippen LogP contribution is -2.38. The summed E-state index contributed by atoms with van der Waals surface area (Å²) >= 11 is 5.94. The number of carbonyl (C=O) groups excluding carboxylic acids is 1. The number of pyridine rings is 1. The Bertz CT molecular complexity index is 956. The van der Waals surface area contributed by atoms with Crippen molar-refractivity contribution >= 4 is 23.6 Å². The van der Waals surface area contributed by atoms with Gasteiger partial charge in [0.05, 0.1) is 5.69 Å². The molecule has 148 valence electrons. The van der Waals surface area contributed by atoms with Gasteiger partial charge in [0, 0.05) is 48.8 Å². The molecular formula is C23H21ClN2O3. The number of benzene rings is 2. The van der Waals surface area contributed by atoms with Gasteiger partial charge >= 0.3 is 0 Å². The smallest absolute Gasteiger partial charge is 0.219 e. The third-order valence-corrected chi connectivity index (χ3v) is 5.14. The van der Waals surface area contributed by atoms with Gasteiger partial charge in [-0.3, -0.25) is 4.79 Å². The summed E-state index contributed by atoms with van der Waals surface area (Å²) in [6.45, 7) is 1.53. The van der Waals surface area contributed by atoms with E-state index in [-0.39, 0.29) is 6.10 Å². The number of halogens is 1. The molecule has 0 amide bonds. The van der Waals surface area contributed by atoms with Crippen molar-refractivity contribution < 1.29 is 14.3 Å². The summed E-state index contributed by atoms with van der Waals surface area (Å²) in [6, 6.07) is 18.4. The number of piperidine rings is 1. The van der Waals surface area contributed by atoms with Crippen LogP contribution in [0.1, 0.15) is 23.2 Å². The van der Waals surface area contributed by atoms with Crippen LogP contribution < -0.4 is 14.4 Å². The molecule has 2 heterocycles. The summed E-state index contributed by atoms with van der Waals surface area (Å²) in [6.07, 6.45) is 4.36. The maximum absolute atomic E-state index is 11.7. The van der Waals surface area contributed by atoms with Gasteiger partial charge < -0.3 is 14.4 Å². The van der Waals surface area contributed by atoms with Gasteiger partial charge in [0.15, 0.2) is 12.0 Å². The van der Waals surface area contributed by atoms with Gasteiger partial charge in [-0.05, 0) is 42.5 Å². The van der Waals surface area contributed by atoms with Crippen molar-refractivity contribution in [2.75, 3.05) is 18.0 Å². The minimum atomic E-state index is 0.121.